The molecule has 1 aromatic heterocycles. The van der Waals surface area contributed by atoms with Crippen LogP contribution in [0, 0.1) is 0 Å². The van der Waals surface area contributed by atoms with E-state index in [-0.39, 0.29) is 30.5 Å². The molecule has 7 heteroatoms. The molecule has 2 aromatic rings. The molecule has 0 saturated carbocycles. The molecule has 18 heavy (non-hydrogen) atoms. The van der Waals surface area contributed by atoms with E-state index in [4.69, 9.17) is 5.73 Å². The van der Waals surface area contributed by atoms with Crippen LogP contribution in [-0.2, 0) is 5.92 Å². The third-order valence-electron chi connectivity index (χ3n) is 2.30. The van der Waals surface area contributed by atoms with Crippen molar-refractivity contribution in [3.63, 3.8) is 0 Å². The summed E-state index contributed by atoms with van der Waals surface area (Å²) < 4.78 is 26.4. The number of nitrogens with two attached hydrogens (primary N) is 1. The van der Waals surface area contributed by atoms with Crippen LogP contribution < -0.4 is 5.73 Å². The van der Waals surface area contributed by atoms with E-state index in [0.29, 0.717) is 5.69 Å². The molecule has 3 N–H and O–H groups in total. The Labute approximate surface area is 116 Å². The van der Waals surface area contributed by atoms with Gasteiger partial charge in [0.15, 0.2) is 0 Å². The number of hydrogen-bond donors (Lipinski definition) is 2. The van der Waals surface area contributed by atoms with Crippen molar-refractivity contribution in [2.45, 2.75) is 5.92 Å². The van der Waals surface area contributed by atoms with Crippen molar-refractivity contribution in [1.29, 1.82) is 0 Å². The molecule has 1 aromatic carbocycles. The first kappa shape index (κ1) is 16.8. The normalized spacial score (nSPS) is 10.4. The summed E-state index contributed by atoms with van der Waals surface area (Å²) in [6.07, 6.45) is 0. The zero-order chi connectivity index (χ0) is 11.6. The Kier molecular flexibility index (Phi) is 6.25. The van der Waals surface area contributed by atoms with Gasteiger partial charge in [-0.2, -0.15) is 13.9 Å². The molecule has 0 saturated heterocycles. The van der Waals surface area contributed by atoms with Crippen LogP contribution in [0.3, 0.4) is 0 Å². The first-order valence-electron chi connectivity index (χ1n) is 4.83. The number of alkyl halides is 2. The number of H-pyrrole nitrogens is 1. The zero-order valence-electron chi connectivity index (χ0n) is 9.27. The quantitative estimate of drug-likeness (QED) is 0.915. The molecule has 0 aliphatic rings. The predicted octanol–water partition coefficient (Wildman–Crippen LogP) is 2.97. The van der Waals surface area contributed by atoms with Crippen LogP contribution >= 0.6 is 24.8 Å². The fraction of sp³-hybridized carbons (Fsp3) is 0.182. The Hall–Kier alpha value is -1.17. The second-order valence-corrected chi connectivity index (χ2v) is 3.44. The highest BCUT2D eigenvalue weighted by Gasteiger charge is 2.31. The van der Waals surface area contributed by atoms with Crippen LogP contribution in [0.2, 0.25) is 0 Å². The lowest BCUT2D eigenvalue weighted by atomic mass is 10.1. The van der Waals surface area contributed by atoms with E-state index in [1.54, 1.807) is 12.1 Å². The topological polar surface area (TPSA) is 54.7 Å². The van der Waals surface area contributed by atoms with Crippen molar-refractivity contribution in [3.8, 4) is 11.3 Å². The van der Waals surface area contributed by atoms with Crippen LogP contribution in [0.5, 0.6) is 0 Å². The van der Waals surface area contributed by atoms with Crippen molar-refractivity contribution < 1.29 is 8.78 Å². The molecular formula is C11H13Cl2F2N3. The molecule has 0 amide bonds. The second-order valence-electron chi connectivity index (χ2n) is 3.44. The summed E-state index contributed by atoms with van der Waals surface area (Å²) in [4.78, 5) is 0. The van der Waals surface area contributed by atoms with Gasteiger partial charge in [0.05, 0.1) is 12.2 Å². The average molecular weight is 296 g/mol. The Morgan fingerprint density at radius 2 is 1.78 bits per heavy atom. The van der Waals surface area contributed by atoms with Crippen molar-refractivity contribution in [3.05, 3.63) is 42.1 Å². The SMILES string of the molecule is Cl.Cl.NCC(F)(F)c1cc(-c2ccccc2)n[nH]1. The van der Waals surface area contributed by atoms with Gasteiger partial charge in [-0.15, -0.1) is 24.8 Å². The maximum absolute atomic E-state index is 13.2. The molecule has 0 aliphatic carbocycles. The van der Waals surface area contributed by atoms with Crippen molar-refractivity contribution in [1.82, 2.24) is 10.2 Å². The first-order chi connectivity index (χ1) is 7.63. The van der Waals surface area contributed by atoms with E-state index in [2.05, 4.69) is 10.2 Å². The number of halogens is 4. The first-order valence-corrected chi connectivity index (χ1v) is 4.83. The Morgan fingerprint density at radius 3 is 2.33 bits per heavy atom. The average Bonchev–Trinajstić information content (AvgIpc) is 2.80. The third-order valence-corrected chi connectivity index (χ3v) is 2.30. The van der Waals surface area contributed by atoms with Crippen molar-refractivity contribution in [2.24, 2.45) is 5.73 Å². The molecule has 2 rings (SSSR count). The lowest BCUT2D eigenvalue weighted by Crippen LogP contribution is -2.25. The highest BCUT2D eigenvalue weighted by molar-refractivity contribution is 5.85. The van der Waals surface area contributed by atoms with Gasteiger partial charge in [0.1, 0.15) is 5.69 Å². The summed E-state index contributed by atoms with van der Waals surface area (Å²) in [5.74, 6) is -3.06. The number of benzene rings is 1. The maximum Gasteiger partial charge on any atom is 0.301 e. The van der Waals surface area contributed by atoms with E-state index in [0.717, 1.165) is 5.56 Å². The Bertz CT molecular complexity index is 474. The van der Waals surface area contributed by atoms with Gasteiger partial charge in [0, 0.05) is 5.56 Å². The largest absolute Gasteiger partial charge is 0.325 e. The van der Waals surface area contributed by atoms with Gasteiger partial charge in [-0.1, -0.05) is 30.3 Å². The van der Waals surface area contributed by atoms with E-state index in [1.807, 2.05) is 18.2 Å². The standard InChI is InChI=1S/C11H11F2N3.2ClH/c12-11(13,7-14)10-6-9(15-16-10)8-4-2-1-3-5-8;;/h1-6H,7,14H2,(H,15,16);2*1H. The lowest BCUT2D eigenvalue weighted by Gasteiger charge is -2.09. The van der Waals surface area contributed by atoms with Crippen LogP contribution in [-0.4, -0.2) is 16.7 Å². The number of hydrogen-bond acceptors (Lipinski definition) is 2. The van der Waals surface area contributed by atoms with Crippen molar-refractivity contribution >= 4 is 24.8 Å². The lowest BCUT2D eigenvalue weighted by molar-refractivity contribution is 0.00135. The minimum atomic E-state index is -3.06. The summed E-state index contributed by atoms with van der Waals surface area (Å²) in [5, 5.41) is 6.16. The highest BCUT2D eigenvalue weighted by Crippen LogP contribution is 2.27. The summed E-state index contributed by atoms with van der Waals surface area (Å²) in [5.41, 5.74) is 6.01. The number of aromatic amines is 1. The maximum atomic E-state index is 13.2. The van der Waals surface area contributed by atoms with Gasteiger partial charge < -0.3 is 5.73 Å². The molecule has 0 unspecified atom stereocenters. The van der Waals surface area contributed by atoms with Crippen molar-refractivity contribution in [2.75, 3.05) is 6.54 Å². The molecule has 1 heterocycles. The molecule has 0 spiro atoms. The van der Waals surface area contributed by atoms with Gasteiger partial charge in [-0.25, -0.2) is 0 Å². The van der Waals surface area contributed by atoms with Crippen LogP contribution in [0.15, 0.2) is 36.4 Å². The Balaban J connectivity index is 0.00000144. The number of rotatable bonds is 3. The smallest absolute Gasteiger partial charge is 0.301 e. The number of nitrogens with zero attached hydrogens (tertiary/aromatic N) is 1. The van der Waals surface area contributed by atoms with Gasteiger partial charge >= 0.3 is 5.92 Å². The van der Waals surface area contributed by atoms with Gasteiger partial charge in [0.25, 0.3) is 0 Å². The Morgan fingerprint density at radius 1 is 1.17 bits per heavy atom. The van der Waals surface area contributed by atoms with Gasteiger partial charge in [-0.05, 0) is 6.07 Å². The zero-order valence-corrected chi connectivity index (χ0v) is 10.9. The molecule has 0 atom stereocenters. The summed E-state index contributed by atoms with van der Waals surface area (Å²) >= 11 is 0. The number of aromatic nitrogens is 2. The predicted molar refractivity (Wildman–Crippen MR) is 71.5 cm³/mol. The fourth-order valence-electron chi connectivity index (χ4n) is 1.38. The minimum Gasteiger partial charge on any atom is -0.325 e. The second kappa shape index (κ2) is 6.68. The highest BCUT2D eigenvalue weighted by atomic mass is 35.5. The summed E-state index contributed by atoms with van der Waals surface area (Å²) in [6.45, 7) is -0.733. The minimum absolute atomic E-state index is 0. The fourth-order valence-corrected chi connectivity index (χ4v) is 1.38. The van der Waals surface area contributed by atoms with Crippen LogP contribution in [0.4, 0.5) is 8.78 Å². The number of nitrogens with one attached hydrogen (secondary N) is 1. The van der Waals surface area contributed by atoms with Gasteiger partial charge in [0.2, 0.25) is 0 Å². The van der Waals surface area contributed by atoms with E-state index in [9.17, 15) is 8.78 Å². The molecule has 0 bridgehead atoms. The monoisotopic (exact) mass is 295 g/mol. The van der Waals surface area contributed by atoms with E-state index < -0.39 is 12.5 Å². The van der Waals surface area contributed by atoms with E-state index in [1.165, 1.54) is 6.07 Å². The van der Waals surface area contributed by atoms with Gasteiger partial charge in [-0.3, -0.25) is 5.10 Å². The summed E-state index contributed by atoms with van der Waals surface area (Å²) in [7, 11) is 0. The van der Waals surface area contributed by atoms with Crippen LogP contribution in [0.25, 0.3) is 11.3 Å². The molecule has 3 nitrogen and oxygen atoms in total. The molecular weight excluding hydrogens is 283 g/mol. The molecule has 0 aliphatic heterocycles. The van der Waals surface area contributed by atoms with Crippen LogP contribution in [0.1, 0.15) is 5.69 Å². The van der Waals surface area contributed by atoms with E-state index >= 15 is 0 Å². The molecule has 100 valence electrons. The third kappa shape index (κ3) is 3.41. The summed E-state index contributed by atoms with van der Waals surface area (Å²) in [6, 6.07) is 10.4. The molecule has 0 radical (unpaired) electrons. The molecule has 0 fully saturated rings.